The number of alkyl halides is 1. The first kappa shape index (κ1) is 14.9. The minimum Gasteiger partial charge on any atom is -0.493 e. The first-order valence-electron chi connectivity index (χ1n) is 6.31. The van der Waals surface area contributed by atoms with Gasteiger partial charge in [0.25, 0.3) is 5.69 Å². The summed E-state index contributed by atoms with van der Waals surface area (Å²) in [7, 11) is 1.44. The van der Waals surface area contributed by atoms with Gasteiger partial charge >= 0.3 is 0 Å². The first-order valence-corrected chi connectivity index (χ1v) is 6.75. The van der Waals surface area contributed by atoms with Gasteiger partial charge in [-0.2, -0.15) is 0 Å². The van der Waals surface area contributed by atoms with E-state index < -0.39 is 4.92 Å². The quantitative estimate of drug-likeness (QED) is 0.459. The highest BCUT2D eigenvalue weighted by Crippen LogP contribution is 2.37. The normalized spacial score (nSPS) is 24.9. The van der Waals surface area contributed by atoms with Crippen molar-refractivity contribution < 1.29 is 19.1 Å². The summed E-state index contributed by atoms with van der Waals surface area (Å²) in [5.41, 5.74) is -0.0422. The molecule has 0 aromatic heterocycles. The molecular weight excluding hydrogens is 286 g/mol. The number of nitrogens with zero attached hydrogens (tertiary/aromatic N) is 1. The van der Waals surface area contributed by atoms with Gasteiger partial charge < -0.3 is 14.2 Å². The molecule has 0 N–H and O–H groups in total. The smallest absolute Gasteiger partial charge is 0.273 e. The topological polar surface area (TPSA) is 70.8 Å². The Morgan fingerprint density at radius 2 is 2.20 bits per heavy atom. The molecule has 1 aromatic carbocycles. The van der Waals surface area contributed by atoms with Crippen LogP contribution in [0.5, 0.6) is 11.5 Å². The van der Waals surface area contributed by atoms with Crippen molar-refractivity contribution >= 4 is 17.3 Å². The summed E-state index contributed by atoms with van der Waals surface area (Å²) >= 11 is 6.07. The maximum absolute atomic E-state index is 10.7. The third-order valence-corrected chi connectivity index (χ3v) is 3.60. The Morgan fingerprint density at radius 1 is 1.45 bits per heavy atom. The Morgan fingerprint density at radius 3 is 2.75 bits per heavy atom. The van der Waals surface area contributed by atoms with Crippen LogP contribution >= 0.6 is 11.6 Å². The molecule has 0 spiro atoms. The second-order valence-electron chi connectivity index (χ2n) is 4.42. The molecule has 0 amide bonds. The van der Waals surface area contributed by atoms with E-state index in [0.717, 1.165) is 0 Å². The lowest BCUT2D eigenvalue weighted by Gasteiger charge is -2.40. The molecule has 7 heteroatoms. The minimum absolute atomic E-state index is 0.0422. The molecule has 1 aromatic rings. The zero-order valence-electron chi connectivity index (χ0n) is 11.2. The van der Waals surface area contributed by atoms with E-state index in [1.54, 1.807) is 0 Å². The molecule has 0 aliphatic heterocycles. The summed E-state index contributed by atoms with van der Waals surface area (Å²) in [6, 6.07) is 4.24. The Hall–Kier alpha value is -1.53. The standard InChI is InChI=1S/C13H16ClNO5/c1-3-19-13-9(14)7-12(13)20-10-5-4-8(15(16)17)6-11(10)18-2/h4-6,9,12-13H,3,7H2,1-2H3. The maximum Gasteiger partial charge on any atom is 0.273 e. The average molecular weight is 302 g/mol. The summed E-state index contributed by atoms with van der Waals surface area (Å²) < 4.78 is 16.4. The van der Waals surface area contributed by atoms with E-state index >= 15 is 0 Å². The van der Waals surface area contributed by atoms with Crippen molar-refractivity contribution in [3.63, 3.8) is 0 Å². The van der Waals surface area contributed by atoms with Crippen LogP contribution in [-0.2, 0) is 4.74 Å². The van der Waals surface area contributed by atoms with Crippen molar-refractivity contribution in [3.8, 4) is 11.5 Å². The van der Waals surface area contributed by atoms with Gasteiger partial charge in [-0.25, -0.2) is 0 Å². The van der Waals surface area contributed by atoms with Gasteiger partial charge in [-0.3, -0.25) is 10.1 Å². The van der Waals surface area contributed by atoms with Gasteiger partial charge in [0.05, 0.1) is 23.5 Å². The number of rotatable bonds is 6. The predicted molar refractivity (Wildman–Crippen MR) is 73.7 cm³/mol. The molecule has 1 fully saturated rings. The van der Waals surface area contributed by atoms with Gasteiger partial charge in [-0.05, 0) is 13.0 Å². The van der Waals surface area contributed by atoms with Crippen molar-refractivity contribution in [2.75, 3.05) is 13.7 Å². The van der Waals surface area contributed by atoms with Gasteiger partial charge in [-0.1, -0.05) is 0 Å². The second kappa shape index (κ2) is 6.28. The summed E-state index contributed by atoms with van der Waals surface area (Å²) in [4.78, 5) is 10.2. The Bertz CT molecular complexity index is 496. The zero-order valence-corrected chi connectivity index (χ0v) is 12.0. The van der Waals surface area contributed by atoms with Crippen molar-refractivity contribution in [3.05, 3.63) is 28.3 Å². The molecule has 6 nitrogen and oxygen atoms in total. The number of non-ortho nitro benzene ring substituents is 1. The van der Waals surface area contributed by atoms with E-state index in [0.29, 0.717) is 24.5 Å². The van der Waals surface area contributed by atoms with E-state index in [4.69, 9.17) is 25.8 Å². The van der Waals surface area contributed by atoms with Crippen LogP contribution in [0.1, 0.15) is 13.3 Å². The molecule has 1 aliphatic carbocycles. The van der Waals surface area contributed by atoms with E-state index in [2.05, 4.69) is 0 Å². The predicted octanol–water partition coefficient (Wildman–Crippen LogP) is 2.77. The number of benzene rings is 1. The van der Waals surface area contributed by atoms with Crippen molar-refractivity contribution in [1.29, 1.82) is 0 Å². The van der Waals surface area contributed by atoms with Gasteiger partial charge in [0.1, 0.15) is 12.2 Å². The minimum atomic E-state index is -0.479. The lowest BCUT2D eigenvalue weighted by molar-refractivity contribution is -0.385. The van der Waals surface area contributed by atoms with Crippen LogP contribution in [-0.4, -0.2) is 36.2 Å². The third kappa shape index (κ3) is 2.96. The zero-order chi connectivity index (χ0) is 14.7. The molecule has 3 unspecified atom stereocenters. The highest BCUT2D eigenvalue weighted by atomic mass is 35.5. The third-order valence-electron chi connectivity index (χ3n) is 3.18. The summed E-state index contributed by atoms with van der Waals surface area (Å²) in [6.45, 7) is 2.45. The number of methoxy groups -OCH3 is 1. The van der Waals surface area contributed by atoms with Gasteiger partial charge in [0.15, 0.2) is 11.5 Å². The number of nitro benzene ring substituents is 1. The SMILES string of the molecule is CCOC1C(Cl)CC1Oc1ccc([N+](=O)[O-])cc1OC. The summed E-state index contributed by atoms with van der Waals surface area (Å²) in [5.74, 6) is 0.781. The Labute approximate surface area is 121 Å². The lowest BCUT2D eigenvalue weighted by Crippen LogP contribution is -2.52. The summed E-state index contributed by atoms with van der Waals surface area (Å²) in [6.07, 6.45) is 0.348. The van der Waals surface area contributed by atoms with Gasteiger partial charge in [0, 0.05) is 19.1 Å². The molecule has 20 heavy (non-hydrogen) atoms. The fraction of sp³-hybridized carbons (Fsp3) is 0.538. The molecule has 0 bridgehead atoms. The van der Waals surface area contributed by atoms with Crippen molar-refractivity contribution in [2.45, 2.75) is 30.9 Å². The number of hydrogen-bond acceptors (Lipinski definition) is 5. The van der Waals surface area contributed by atoms with Crippen LogP contribution in [0.3, 0.4) is 0 Å². The van der Waals surface area contributed by atoms with E-state index in [9.17, 15) is 10.1 Å². The largest absolute Gasteiger partial charge is 0.493 e. The molecule has 1 aliphatic rings. The van der Waals surface area contributed by atoms with E-state index in [1.807, 2.05) is 6.92 Å². The molecule has 1 saturated carbocycles. The van der Waals surface area contributed by atoms with Crippen molar-refractivity contribution in [1.82, 2.24) is 0 Å². The molecule has 2 rings (SSSR count). The highest BCUT2D eigenvalue weighted by Gasteiger charge is 2.43. The summed E-state index contributed by atoms with van der Waals surface area (Å²) in [5, 5.41) is 10.7. The van der Waals surface area contributed by atoms with Crippen molar-refractivity contribution in [2.24, 2.45) is 0 Å². The molecule has 0 radical (unpaired) electrons. The molecule has 3 atom stereocenters. The number of hydrogen-bond donors (Lipinski definition) is 0. The van der Waals surface area contributed by atoms with Crippen LogP contribution in [0.2, 0.25) is 0 Å². The van der Waals surface area contributed by atoms with Crippen LogP contribution in [0.4, 0.5) is 5.69 Å². The highest BCUT2D eigenvalue weighted by molar-refractivity contribution is 6.21. The first-order chi connectivity index (χ1) is 9.56. The van der Waals surface area contributed by atoms with Crippen LogP contribution < -0.4 is 9.47 Å². The monoisotopic (exact) mass is 301 g/mol. The molecular formula is C13H16ClNO5. The number of ether oxygens (including phenoxy) is 3. The Balaban J connectivity index is 2.11. The van der Waals surface area contributed by atoms with Crippen LogP contribution in [0.15, 0.2) is 18.2 Å². The second-order valence-corrected chi connectivity index (χ2v) is 4.98. The fourth-order valence-corrected chi connectivity index (χ4v) is 2.49. The van der Waals surface area contributed by atoms with Gasteiger partial charge in [-0.15, -0.1) is 11.6 Å². The fourth-order valence-electron chi connectivity index (χ4n) is 2.08. The Kier molecular flexibility index (Phi) is 4.67. The maximum atomic E-state index is 10.7. The van der Waals surface area contributed by atoms with E-state index in [1.165, 1.54) is 25.3 Å². The molecule has 110 valence electrons. The molecule has 0 heterocycles. The number of halogens is 1. The average Bonchev–Trinajstić information content (AvgIpc) is 2.44. The lowest BCUT2D eigenvalue weighted by atomic mass is 9.91. The molecule has 0 saturated heterocycles. The number of nitro groups is 1. The van der Waals surface area contributed by atoms with E-state index in [-0.39, 0.29) is 23.3 Å². The van der Waals surface area contributed by atoms with Gasteiger partial charge in [0.2, 0.25) is 0 Å². The van der Waals surface area contributed by atoms with Crippen LogP contribution in [0.25, 0.3) is 0 Å². The van der Waals surface area contributed by atoms with Crippen LogP contribution in [0, 0.1) is 10.1 Å².